The second-order valence-electron chi connectivity index (χ2n) is 6.57. The maximum absolute atomic E-state index is 12.8. The van der Waals surface area contributed by atoms with Gasteiger partial charge in [-0.15, -0.1) is 0 Å². The zero-order chi connectivity index (χ0) is 21.9. The smallest absolute Gasteiger partial charge is 0.339 e. The molecule has 0 aromatic heterocycles. The van der Waals surface area contributed by atoms with Crippen LogP contribution in [0.25, 0.3) is 11.6 Å². The Balaban J connectivity index is 2.14. The van der Waals surface area contributed by atoms with E-state index in [0.29, 0.717) is 16.9 Å². The van der Waals surface area contributed by atoms with Crippen LogP contribution in [0.4, 0.5) is 4.79 Å². The summed E-state index contributed by atoms with van der Waals surface area (Å²) in [6, 6.07) is 15.5. The van der Waals surface area contributed by atoms with Crippen molar-refractivity contribution in [3.05, 3.63) is 65.7 Å². The quantitative estimate of drug-likeness (QED) is 0.395. The topological polar surface area (TPSA) is 93.7 Å². The molecule has 7 heteroatoms. The fourth-order valence-corrected chi connectivity index (χ4v) is 2.55. The van der Waals surface area contributed by atoms with Crippen LogP contribution >= 0.6 is 0 Å². The number of methoxy groups -OCH3 is 1. The van der Waals surface area contributed by atoms with Crippen LogP contribution in [0.1, 0.15) is 31.4 Å². The van der Waals surface area contributed by atoms with Gasteiger partial charge >= 0.3 is 12.0 Å². The number of ether oxygens (including phenoxy) is 2. The SMILES string of the molecule is CC[C@H](C)NC(=O)NC(=O)COC(=O)/C(=C/c1ccccc1OC)c1ccccc1. The summed E-state index contributed by atoms with van der Waals surface area (Å²) >= 11 is 0. The van der Waals surface area contributed by atoms with Crippen LogP contribution in [-0.2, 0) is 14.3 Å². The molecule has 0 aliphatic carbocycles. The molecule has 0 aliphatic rings. The van der Waals surface area contributed by atoms with Crippen molar-refractivity contribution in [2.75, 3.05) is 13.7 Å². The number of amides is 3. The van der Waals surface area contributed by atoms with Crippen LogP contribution in [0.2, 0.25) is 0 Å². The molecule has 158 valence electrons. The number of hydrogen-bond acceptors (Lipinski definition) is 5. The van der Waals surface area contributed by atoms with Crippen molar-refractivity contribution >= 4 is 29.6 Å². The maximum atomic E-state index is 12.8. The number of rotatable bonds is 8. The molecule has 0 bridgehead atoms. The zero-order valence-electron chi connectivity index (χ0n) is 17.3. The van der Waals surface area contributed by atoms with Gasteiger partial charge in [-0.25, -0.2) is 9.59 Å². The number of benzene rings is 2. The van der Waals surface area contributed by atoms with Gasteiger partial charge in [0, 0.05) is 11.6 Å². The minimum Gasteiger partial charge on any atom is -0.496 e. The van der Waals surface area contributed by atoms with E-state index in [9.17, 15) is 14.4 Å². The second kappa shape index (κ2) is 11.4. The molecule has 2 rings (SSSR count). The lowest BCUT2D eigenvalue weighted by Gasteiger charge is -2.13. The van der Waals surface area contributed by atoms with E-state index in [4.69, 9.17) is 9.47 Å². The van der Waals surface area contributed by atoms with Crippen molar-refractivity contribution in [2.45, 2.75) is 26.3 Å². The van der Waals surface area contributed by atoms with Crippen molar-refractivity contribution in [3.8, 4) is 5.75 Å². The minimum atomic E-state index is -0.714. The van der Waals surface area contributed by atoms with Crippen LogP contribution in [0.5, 0.6) is 5.75 Å². The number of nitrogens with one attached hydrogen (secondary N) is 2. The first kappa shape index (κ1) is 22.7. The molecule has 0 saturated carbocycles. The molecule has 0 fully saturated rings. The molecule has 0 heterocycles. The van der Waals surface area contributed by atoms with E-state index in [0.717, 1.165) is 6.42 Å². The number of imide groups is 1. The van der Waals surface area contributed by atoms with Crippen molar-refractivity contribution in [1.82, 2.24) is 10.6 Å². The molecule has 0 radical (unpaired) electrons. The lowest BCUT2D eigenvalue weighted by molar-refractivity contribution is -0.142. The van der Waals surface area contributed by atoms with Crippen LogP contribution < -0.4 is 15.4 Å². The molecule has 3 amide bonds. The molecule has 0 aliphatic heterocycles. The number of hydrogen-bond donors (Lipinski definition) is 2. The van der Waals surface area contributed by atoms with Crippen molar-refractivity contribution in [3.63, 3.8) is 0 Å². The Labute approximate surface area is 176 Å². The van der Waals surface area contributed by atoms with Gasteiger partial charge in [0.25, 0.3) is 5.91 Å². The van der Waals surface area contributed by atoms with E-state index in [1.54, 1.807) is 49.6 Å². The Kier molecular flexibility index (Phi) is 8.62. The van der Waals surface area contributed by atoms with E-state index in [1.165, 1.54) is 0 Å². The first-order chi connectivity index (χ1) is 14.4. The van der Waals surface area contributed by atoms with E-state index < -0.39 is 24.5 Å². The molecule has 30 heavy (non-hydrogen) atoms. The summed E-state index contributed by atoms with van der Waals surface area (Å²) in [5.74, 6) is -0.809. The highest BCUT2D eigenvalue weighted by Crippen LogP contribution is 2.25. The average molecular weight is 410 g/mol. The van der Waals surface area contributed by atoms with Gasteiger partial charge in [-0.2, -0.15) is 0 Å². The van der Waals surface area contributed by atoms with Crippen LogP contribution in [0.15, 0.2) is 54.6 Å². The number of urea groups is 1. The Hall–Kier alpha value is -3.61. The van der Waals surface area contributed by atoms with E-state index >= 15 is 0 Å². The van der Waals surface area contributed by atoms with Crippen LogP contribution in [0.3, 0.4) is 0 Å². The predicted octanol–water partition coefficient (Wildman–Crippen LogP) is 3.40. The average Bonchev–Trinajstić information content (AvgIpc) is 2.76. The Morgan fingerprint density at radius 2 is 1.70 bits per heavy atom. The highest BCUT2D eigenvalue weighted by molar-refractivity contribution is 6.22. The van der Waals surface area contributed by atoms with E-state index in [2.05, 4.69) is 10.6 Å². The van der Waals surface area contributed by atoms with E-state index in [-0.39, 0.29) is 11.6 Å². The van der Waals surface area contributed by atoms with Crippen molar-refractivity contribution < 1.29 is 23.9 Å². The number of esters is 1. The number of para-hydroxylation sites is 1. The molecule has 0 saturated heterocycles. The van der Waals surface area contributed by atoms with Crippen molar-refractivity contribution in [2.24, 2.45) is 0 Å². The standard InChI is InChI=1S/C23H26N2O5/c1-4-16(2)24-23(28)25-21(26)15-30-22(27)19(17-10-6-5-7-11-17)14-18-12-8-9-13-20(18)29-3/h5-14,16H,4,15H2,1-3H3,(H2,24,25,26,28)/b19-14+/t16-/m0/s1. The lowest BCUT2D eigenvalue weighted by atomic mass is 10.0. The summed E-state index contributed by atoms with van der Waals surface area (Å²) in [5, 5.41) is 4.75. The lowest BCUT2D eigenvalue weighted by Crippen LogP contribution is -2.44. The zero-order valence-corrected chi connectivity index (χ0v) is 17.3. The highest BCUT2D eigenvalue weighted by Gasteiger charge is 2.17. The summed E-state index contributed by atoms with van der Waals surface area (Å²) < 4.78 is 10.5. The van der Waals surface area contributed by atoms with Crippen LogP contribution in [0, 0.1) is 0 Å². The van der Waals surface area contributed by atoms with Gasteiger partial charge in [0.1, 0.15) is 5.75 Å². The van der Waals surface area contributed by atoms with Gasteiger partial charge in [-0.05, 0) is 31.1 Å². The molecule has 2 aromatic carbocycles. The van der Waals surface area contributed by atoms with Crippen molar-refractivity contribution in [1.29, 1.82) is 0 Å². The first-order valence-corrected chi connectivity index (χ1v) is 9.62. The number of carbonyl (C=O) groups excluding carboxylic acids is 3. The fraction of sp³-hybridized carbons (Fsp3) is 0.261. The Morgan fingerprint density at radius 1 is 1.03 bits per heavy atom. The van der Waals surface area contributed by atoms with Gasteiger partial charge < -0.3 is 14.8 Å². The second-order valence-corrected chi connectivity index (χ2v) is 6.57. The Bertz CT molecular complexity index is 909. The molecule has 2 aromatic rings. The molecule has 2 N–H and O–H groups in total. The third-order valence-electron chi connectivity index (χ3n) is 4.32. The molecular weight excluding hydrogens is 384 g/mol. The summed E-state index contributed by atoms with van der Waals surface area (Å²) in [6.45, 7) is 3.15. The molecular formula is C23H26N2O5. The third kappa shape index (κ3) is 6.77. The van der Waals surface area contributed by atoms with E-state index in [1.807, 2.05) is 32.0 Å². The summed E-state index contributed by atoms with van der Waals surface area (Å²) in [4.78, 5) is 36.4. The van der Waals surface area contributed by atoms with Crippen LogP contribution in [-0.4, -0.2) is 37.7 Å². The predicted molar refractivity (Wildman–Crippen MR) is 115 cm³/mol. The molecule has 0 spiro atoms. The van der Waals surface area contributed by atoms with Gasteiger partial charge in [0.2, 0.25) is 0 Å². The summed E-state index contributed by atoms with van der Waals surface area (Å²) in [5.41, 5.74) is 1.58. The van der Waals surface area contributed by atoms with Gasteiger partial charge in [0.05, 0.1) is 12.7 Å². The first-order valence-electron chi connectivity index (χ1n) is 9.62. The Morgan fingerprint density at radius 3 is 2.37 bits per heavy atom. The summed E-state index contributed by atoms with van der Waals surface area (Å²) in [7, 11) is 1.54. The monoisotopic (exact) mass is 410 g/mol. The molecule has 0 unspecified atom stereocenters. The fourth-order valence-electron chi connectivity index (χ4n) is 2.55. The summed E-state index contributed by atoms with van der Waals surface area (Å²) in [6.07, 6.45) is 2.37. The van der Waals surface area contributed by atoms with Gasteiger partial charge in [-0.1, -0.05) is 55.5 Å². The largest absolute Gasteiger partial charge is 0.496 e. The van der Waals surface area contributed by atoms with Gasteiger partial charge in [0.15, 0.2) is 6.61 Å². The molecule has 7 nitrogen and oxygen atoms in total. The van der Waals surface area contributed by atoms with Gasteiger partial charge in [-0.3, -0.25) is 10.1 Å². The maximum Gasteiger partial charge on any atom is 0.339 e. The highest BCUT2D eigenvalue weighted by atomic mass is 16.5. The normalized spacial score (nSPS) is 11.9. The third-order valence-corrected chi connectivity index (χ3v) is 4.32. The minimum absolute atomic E-state index is 0.0752. The molecule has 1 atom stereocenters. The number of carbonyl (C=O) groups is 3.